The van der Waals surface area contributed by atoms with Crippen LogP contribution < -0.4 is 4.90 Å². The lowest BCUT2D eigenvalue weighted by Crippen LogP contribution is -2.41. The molecule has 3 nitrogen and oxygen atoms in total. The van der Waals surface area contributed by atoms with E-state index in [9.17, 15) is 4.79 Å². The van der Waals surface area contributed by atoms with Crippen LogP contribution in [-0.2, 0) is 4.79 Å². The Kier molecular flexibility index (Phi) is 2.74. The van der Waals surface area contributed by atoms with Crippen LogP contribution in [-0.4, -0.2) is 11.7 Å². The normalized spacial score (nSPS) is 26.3. The number of carbonyl (C=O) groups is 1. The second-order valence-corrected chi connectivity index (χ2v) is 9.06. The number of hydrogen-bond donors (Lipinski definition) is 0. The smallest absolute Gasteiger partial charge is 0.237 e. The molecular weight excluding hydrogens is 380 g/mol. The first-order valence-electron chi connectivity index (χ1n) is 10.9. The van der Waals surface area contributed by atoms with Crippen molar-refractivity contribution in [3.63, 3.8) is 0 Å². The molecule has 0 saturated carbocycles. The number of hydrogen-bond acceptors (Lipinski definition) is 2. The highest BCUT2D eigenvalue weighted by atomic mass is 16.2. The summed E-state index contributed by atoms with van der Waals surface area (Å²) in [5.41, 5.74) is 7.33. The van der Waals surface area contributed by atoms with Gasteiger partial charge < -0.3 is 0 Å². The lowest BCUT2D eigenvalue weighted by atomic mass is 9.55. The van der Waals surface area contributed by atoms with Gasteiger partial charge in [-0.25, -0.2) is 4.99 Å². The summed E-state index contributed by atoms with van der Waals surface area (Å²) >= 11 is 0. The zero-order chi connectivity index (χ0) is 20.3. The summed E-state index contributed by atoms with van der Waals surface area (Å²) in [6.07, 6.45) is 0. The first-order valence-corrected chi connectivity index (χ1v) is 10.9. The van der Waals surface area contributed by atoms with Crippen molar-refractivity contribution in [2.75, 3.05) is 4.90 Å². The molecule has 5 aliphatic rings. The summed E-state index contributed by atoms with van der Waals surface area (Å²) < 4.78 is 0. The van der Waals surface area contributed by atoms with Gasteiger partial charge in [0.2, 0.25) is 5.91 Å². The van der Waals surface area contributed by atoms with E-state index in [1.807, 2.05) is 4.90 Å². The minimum absolute atomic E-state index is 0.0749. The third-order valence-corrected chi connectivity index (χ3v) is 7.81. The number of rotatable bonds is 0. The quantitative estimate of drug-likeness (QED) is 0.371. The van der Waals surface area contributed by atoms with Crippen LogP contribution in [0.2, 0.25) is 0 Å². The Morgan fingerprint density at radius 1 is 0.645 bits per heavy atom. The molecule has 4 aromatic rings. The number of nitrogens with zero attached hydrogens (tertiary/aromatic N) is 2. The molecule has 0 radical (unpaired) electrons. The number of fused-ring (bicyclic) bond motifs is 2. The first kappa shape index (κ1) is 16.0. The second kappa shape index (κ2) is 5.30. The number of carbonyl (C=O) groups excluding carboxylic acids is 1. The summed E-state index contributed by atoms with van der Waals surface area (Å²) in [7, 11) is 0. The third kappa shape index (κ3) is 1.74. The van der Waals surface area contributed by atoms with Gasteiger partial charge in [-0.1, -0.05) is 72.8 Å². The van der Waals surface area contributed by atoms with Gasteiger partial charge in [-0.2, -0.15) is 0 Å². The Bertz CT molecular complexity index is 1450. The second-order valence-electron chi connectivity index (χ2n) is 9.06. The minimum atomic E-state index is -0.0990. The molecule has 146 valence electrons. The zero-order valence-electron chi connectivity index (χ0n) is 16.7. The molecule has 9 rings (SSSR count). The molecule has 4 aromatic carbocycles. The van der Waals surface area contributed by atoms with Gasteiger partial charge >= 0.3 is 0 Å². The number of anilines is 1. The maximum Gasteiger partial charge on any atom is 0.237 e. The van der Waals surface area contributed by atoms with Crippen molar-refractivity contribution in [1.29, 1.82) is 0 Å². The van der Waals surface area contributed by atoms with Crippen molar-refractivity contribution in [2.45, 2.75) is 11.8 Å². The summed E-state index contributed by atoms with van der Waals surface area (Å²) in [4.78, 5) is 21.2. The molecule has 3 aliphatic carbocycles. The molecule has 0 aromatic heterocycles. The van der Waals surface area contributed by atoms with E-state index in [0.29, 0.717) is 0 Å². The highest BCUT2D eigenvalue weighted by molar-refractivity contribution is 6.31. The molecule has 2 bridgehead atoms. The largest absolute Gasteiger partial charge is 0.274 e. The summed E-state index contributed by atoms with van der Waals surface area (Å²) in [6.45, 7) is 0. The van der Waals surface area contributed by atoms with Crippen LogP contribution in [0.1, 0.15) is 34.1 Å². The Morgan fingerprint density at radius 3 is 1.87 bits per heavy atom. The molecule has 2 heterocycles. The van der Waals surface area contributed by atoms with Gasteiger partial charge in [-0.3, -0.25) is 9.69 Å². The fraction of sp³-hybridized carbons (Fsp3) is 0.143. The number of aliphatic imine (C=N–C) groups is 1. The summed E-state index contributed by atoms with van der Waals surface area (Å²) in [6, 6.07) is 29.9. The number of benzene rings is 4. The van der Waals surface area contributed by atoms with E-state index in [4.69, 9.17) is 4.99 Å². The highest BCUT2D eigenvalue weighted by Gasteiger charge is 2.61. The molecule has 0 N–H and O–H groups in total. The van der Waals surface area contributed by atoms with E-state index in [1.54, 1.807) is 0 Å². The maximum atomic E-state index is 14.1. The van der Waals surface area contributed by atoms with E-state index in [1.165, 1.54) is 22.3 Å². The van der Waals surface area contributed by atoms with Gasteiger partial charge in [0.15, 0.2) is 0 Å². The standard InChI is InChI=1S/C28H18N2O/c31-28-26-24-18-11-3-1-9-16(18)23(17-10-2-4-12-19(17)24)25(26)27-29-20-13-5-7-15-8-6-14-21(22(15)20)30(27)28/h1-14,23-26H/t23?,24?,25-,26+/m1/s1. The van der Waals surface area contributed by atoms with Gasteiger partial charge in [0.1, 0.15) is 5.84 Å². The van der Waals surface area contributed by atoms with Crippen LogP contribution in [0.3, 0.4) is 0 Å². The van der Waals surface area contributed by atoms with Gasteiger partial charge in [-0.05, 0) is 39.8 Å². The van der Waals surface area contributed by atoms with Crippen molar-refractivity contribution >= 4 is 33.9 Å². The molecule has 2 aliphatic heterocycles. The predicted molar refractivity (Wildman–Crippen MR) is 122 cm³/mol. The Morgan fingerprint density at radius 2 is 1.23 bits per heavy atom. The maximum absolute atomic E-state index is 14.1. The fourth-order valence-electron chi connectivity index (χ4n) is 6.77. The van der Waals surface area contributed by atoms with E-state index in [-0.39, 0.29) is 29.6 Å². The van der Waals surface area contributed by atoms with Crippen LogP contribution in [0, 0.1) is 11.8 Å². The lowest BCUT2D eigenvalue weighted by molar-refractivity contribution is -0.121. The molecule has 1 amide bonds. The SMILES string of the molecule is O=C1[C@H]2C3c4ccccc4C(c4ccccc43)[C@H]2C2=Nc3cccc4cccc(c34)N12. The average Bonchev–Trinajstić information content (AvgIpc) is 3.12. The van der Waals surface area contributed by atoms with E-state index in [2.05, 4.69) is 84.9 Å². The van der Waals surface area contributed by atoms with Crippen molar-refractivity contribution in [2.24, 2.45) is 16.8 Å². The van der Waals surface area contributed by atoms with Crippen LogP contribution in [0.25, 0.3) is 10.8 Å². The van der Waals surface area contributed by atoms with Crippen LogP contribution in [0.5, 0.6) is 0 Å². The summed E-state index contributed by atoms with van der Waals surface area (Å²) in [5.74, 6) is 1.36. The van der Waals surface area contributed by atoms with E-state index in [0.717, 1.165) is 28.0 Å². The monoisotopic (exact) mass is 398 g/mol. The Labute approximate surface area is 179 Å². The highest BCUT2D eigenvalue weighted by Crippen LogP contribution is 2.62. The molecular formula is C28H18N2O. The van der Waals surface area contributed by atoms with Gasteiger partial charge in [0, 0.05) is 23.1 Å². The summed E-state index contributed by atoms with van der Waals surface area (Å²) in [5, 5.41) is 2.22. The Hall–Kier alpha value is -3.72. The molecule has 0 unspecified atom stereocenters. The van der Waals surface area contributed by atoms with Crippen molar-refractivity contribution in [1.82, 2.24) is 0 Å². The third-order valence-electron chi connectivity index (χ3n) is 7.81. The van der Waals surface area contributed by atoms with Crippen molar-refractivity contribution in [3.05, 3.63) is 107 Å². The van der Waals surface area contributed by atoms with Crippen LogP contribution >= 0.6 is 0 Å². The Balaban J connectivity index is 1.45. The molecule has 1 saturated heterocycles. The lowest BCUT2D eigenvalue weighted by Gasteiger charge is -2.46. The van der Waals surface area contributed by atoms with Crippen molar-refractivity contribution in [3.8, 4) is 0 Å². The minimum Gasteiger partial charge on any atom is -0.274 e. The predicted octanol–water partition coefficient (Wildman–Crippen LogP) is 5.75. The van der Waals surface area contributed by atoms with E-state index >= 15 is 0 Å². The number of amides is 1. The van der Waals surface area contributed by atoms with Gasteiger partial charge in [0.05, 0.1) is 17.3 Å². The van der Waals surface area contributed by atoms with E-state index < -0.39 is 0 Å². The molecule has 31 heavy (non-hydrogen) atoms. The zero-order valence-corrected chi connectivity index (χ0v) is 16.7. The van der Waals surface area contributed by atoms with Crippen molar-refractivity contribution < 1.29 is 4.79 Å². The van der Waals surface area contributed by atoms with Gasteiger partial charge in [0.25, 0.3) is 0 Å². The topological polar surface area (TPSA) is 32.7 Å². The number of amidine groups is 1. The average molecular weight is 398 g/mol. The van der Waals surface area contributed by atoms with Gasteiger partial charge in [-0.15, -0.1) is 0 Å². The fourth-order valence-corrected chi connectivity index (χ4v) is 6.77. The first-order chi connectivity index (χ1) is 15.3. The molecule has 2 atom stereocenters. The molecule has 1 fully saturated rings. The molecule has 0 spiro atoms. The molecule has 3 heteroatoms. The van der Waals surface area contributed by atoms with Crippen LogP contribution in [0.15, 0.2) is 89.9 Å². The van der Waals surface area contributed by atoms with Crippen LogP contribution in [0.4, 0.5) is 11.4 Å².